The molecule has 3 aliphatic rings. The summed E-state index contributed by atoms with van der Waals surface area (Å²) in [6.07, 6.45) is 12.7. The van der Waals surface area contributed by atoms with Gasteiger partial charge in [0, 0.05) is 12.1 Å². The maximum atomic E-state index is 14.0. The second-order valence-corrected chi connectivity index (χ2v) is 10.7. The molecular formula is C27H37N3O3. The van der Waals surface area contributed by atoms with Crippen molar-refractivity contribution in [3.8, 4) is 11.5 Å². The van der Waals surface area contributed by atoms with Gasteiger partial charge in [-0.3, -0.25) is 9.59 Å². The van der Waals surface area contributed by atoms with Gasteiger partial charge in [0.05, 0.1) is 18.5 Å². The molecule has 6 nitrogen and oxygen atoms in total. The Morgan fingerprint density at radius 3 is 2.36 bits per heavy atom. The predicted molar refractivity (Wildman–Crippen MR) is 128 cm³/mol. The van der Waals surface area contributed by atoms with Crippen molar-refractivity contribution in [3.05, 3.63) is 36.2 Å². The van der Waals surface area contributed by atoms with Crippen LogP contribution in [0.25, 0.3) is 11.5 Å². The van der Waals surface area contributed by atoms with Crippen LogP contribution in [-0.2, 0) is 11.3 Å². The number of hydrogen-bond acceptors (Lipinski definition) is 3. The number of carbonyl (C=O) groups excluding carboxylic acids is 2. The van der Waals surface area contributed by atoms with Crippen LogP contribution in [0, 0.1) is 5.92 Å². The minimum Gasteiger partial charge on any atom is -0.463 e. The number of amides is 2. The Bertz CT molecular complexity index is 978. The Morgan fingerprint density at radius 2 is 1.70 bits per heavy atom. The fraction of sp³-hybridized carbons (Fsp3) is 0.630. The van der Waals surface area contributed by atoms with Gasteiger partial charge in [0.25, 0.3) is 5.91 Å². The summed E-state index contributed by atoms with van der Waals surface area (Å²) in [5.41, 5.74) is 0.579. The molecule has 2 aliphatic carbocycles. The number of nitrogens with one attached hydrogen (secondary N) is 1. The van der Waals surface area contributed by atoms with E-state index in [0.717, 1.165) is 62.8 Å². The van der Waals surface area contributed by atoms with Crippen LogP contribution in [0.2, 0.25) is 0 Å². The Balaban J connectivity index is 1.50. The zero-order valence-electron chi connectivity index (χ0n) is 20.0. The van der Waals surface area contributed by atoms with E-state index in [1.807, 2.05) is 40.7 Å². The standard InChI is InChI=1S/C27H37N3O3/c1-19-11-13-21(14-12-19)30-25(31)23-16-15-22(24-10-7-17-33-24)29(23)18-27(30,2)26(32)28-20-8-5-3-4-6-9-20/h7,10,15-17,19-21H,3-6,8-9,11-14,18H2,1-2H3,(H,28,32). The van der Waals surface area contributed by atoms with Crippen molar-refractivity contribution < 1.29 is 14.0 Å². The zero-order valence-corrected chi connectivity index (χ0v) is 20.0. The second-order valence-electron chi connectivity index (χ2n) is 10.7. The minimum absolute atomic E-state index is 0.00823. The number of nitrogens with zero attached hydrogens (tertiary/aromatic N) is 2. The molecule has 2 aromatic heterocycles. The Kier molecular flexibility index (Phi) is 6.11. The molecule has 2 saturated carbocycles. The molecular weight excluding hydrogens is 414 g/mol. The van der Waals surface area contributed by atoms with Gasteiger partial charge in [-0.25, -0.2) is 0 Å². The summed E-state index contributed by atoms with van der Waals surface area (Å²) < 4.78 is 7.65. The number of carbonyl (C=O) groups is 2. The maximum Gasteiger partial charge on any atom is 0.271 e. The molecule has 6 heteroatoms. The molecule has 0 bridgehead atoms. The molecule has 3 heterocycles. The lowest BCUT2D eigenvalue weighted by Gasteiger charge is -2.49. The van der Waals surface area contributed by atoms with Crippen LogP contribution in [-0.4, -0.2) is 38.9 Å². The summed E-state index contributed by atoms with van der Waals surface area (Å²) in [6.45, 7) is 4.71. The molecule has 0 spiro atoms. The first-order chi connectivity index (χ1) is 16.0. The average Bonchev–Trinajstić information content (AvgIpc) is 3.40. The van der Waals surface area contributed by atoms with E-state index in [1.165, 1.54) is 12.8 Å². The average molecular weight is 452 g/mol. The van der Waals surface area contributed by atoms with Crippen molar-refractivity contribution in [3.63, 3.8) is 0 Å². The fourth-order valence-corrected chi connectivity index (χ4v) is 6.21. The quantitative estimate of drug-likeness (QED) is 0.635. The predicted octanol–water partition coefficient (Wildman–Crippen LogP) is 5.38. The van der Waals surface area contributed by atoms with Gasteiger partial charge in [-0.1, -0.05) is 32.6 Å². The highest BCUT2D eigenvalue weighted by Gasteiger charge is 2.51. The SMILES string of the molecule is CC1CCC(N2C(=O)c3ccc(-c4ccco4)n3CC2(C)C(=O)NC2CCCCCC2)CC1. The van der Waals surface area contributed by atoms with E-state index >= 15 is 0 Å². The van der Waals surface area contributed by atoms with E-state index in [9.17, 15) is 9.59 Å². The lowest BCUT2D eigenvalue weighted by Crippen LogP contribution is -2.67. The van der Waals surface area contributed by atoms with Crippen LogP contribution >= 0.6 is 0 Å². The van der Waals surface area contributed by atoms with E-state index in [4.69, 9.17) is 4.42 Å². The van der Waals surface area contributed by atoms with Gasteiger partial charge in [0.2, 0.25) is 5.91 Å². The first kappa shape index (κ1) is 22.3. The number of fused-ring (bicyclic) bond motifs is 1. The summed E-state index contributed by atoms with van der Waals surface area (Å²) in [6, 6.07) is 7.91. The number of rotatable bonds is 4. The second kappa shape index (κ2) is 9.03. The first-order valence-electron chi connectivity index (χ1n) is 12.9. The van der Waals surface area contributed by atoms with E-state index in [2.05, 4.69) is 12.2 Å². The van der Waals surface area contributed by atoms with Crippen molar-refractivity contribution in [2.75, 3.05) is 0 Å². The lowest BCUT2D eigenvalue weighted by molar-refractivity contribution is -0.135. The molecule has 1 atom stereocenters. The molecule has 2 amide bonds. The summed E-state index contributed by atoms with van der Waals surface area (Å²) in [5.74, 6) is 1.37. The highest BCUT2D eigenvalue weighted by molar-refractivity contribution is 6.00. The first-order valence-corrected chi connectivity index (χ1v) is 12.9. The molecule has 1 unspecified atom stereocenters. The molecule has 0 saturated heterocycles. The van der Waals surface area contributed by atoms with Gasteiger partial charge in [-0.2, -0.15) is 0 Å². The molecule has 1 N–H and O–H groups in total. The van der Waals surface area contributed by atoms with Gasteiger partial charge < -0.3 is 19.2 Å². The summed E-state index contributed by atoms with van der Waals surface area (Å²) >= 11 is 0. The van der Waals surface area contributed by atoms with Crippen molar-refractivity contribution in [1.82, 2.24) is 14.8 Å². The minimum atomic E-state index is -0.929. The normalized spacial score (nSPS) is 28.9. The molecule has 1 aliphatic heterocycles. The molecule has 33 heavy (non-hydrogen) atoms. The van der Waals surface area contributed by atoms with Gasteiger partial charge in [0.1, 0.15) is 17.0 Å². The summed E-state index contributed by atoms with van der Waals surface area (Å²) in [4.78, 5) is 29.8. The third kappa shape index (κ3) is 4.13. The van der Waals surface area contributed by atoms with E-state index < -0.39 is 5.54 Å². The Labute approximate surface area is 196 Å². The van der Waals surface area contributed by atoms with Gasteiger partial charge in [-0.15, -0.1) is 0 Å². The molecule has 0 radical (unpaired) electrons. The highest BCUT2D eigenvalue weighted by atomic mass is 16.3. The van der Waals surface area contributed by atoms with E-state index in [0.29, 0.717) is 18.2 Å². The van der Waals surface area contributed by atoms with Gasteiger partial charge in [-0.05, 0) is 75.6 Å². The molecule has 2 aromatic rings. The summed E-state index contributed by atoms with van der Waals surface area (Å²) in [7, 11) is 0. The number of furan rings is 1. The van der Waals surface area contributed by atoms with Gasteiger partial charge >= 0.3 is 0 Å². The molecule has 0 aromatic carbocycles. The van der Waals surface area contributed by atoms with Crippen LogP contribution in [0.5, 0.6) is 0 Å². The number of hydrogen-bond donors (Lipinski definition) is 1. The van der Waals surface area contributed by atoms with Crippen LogP contribution in [0.15, 0.2) is 34.9 Å². The van der Waals surface area contributed by atoms with Crippen LogP contribution in [0.3, 0.4) is 0 Å². The molecule has 5 rings (SSSR count). The Hall–Kier alpha value is -2.50. The zero-order chi connectivity index (χ0) is 23.0. The third-order valence-electron chi connectivity index (χ3n) is 8.22. The molecule has 2 fully saturated rings. The van der Waals surface area contributed by atoms with Crippen molar-refractivity contribution in [2.45, 2.75) is 102 Å². The van der Waals surface area contributed by atoms with Crippen molar-refractivity contribution in [2.24, 2.45) is 5.92 Å². The van der Waals surface area contributed by atoms with Crippen LogP contribution < -0.4 is 5.32 Å². The van der Waals surface area contributed by atoms with Gasteiger partial charge in [0.15, 0.2) is 0 Å². The summed E-state index contributed by atoms with van der Waals surface area (Å²) in [5, 5.41) is 3.38. The smallest absolute Gasteiger partial charge is 0.271 e. The fourth-order valence-electron chi connectivity index (χ4n) is 6.21. The maximum absolute atomic E-state index is 14.0. The Morgan fingerprint density at radius 1 is 1.00 bits per heavy atom. The largest absolute Gasteiger partial charge is 0.463 e. The molecule has 178 valence electrons. The monoisotopic (exact) mass is 451 g/mol. The lowest BCUT2D eigenvalue weighted by atomic mass is 9.82. The highest BCUT2D eigenvalue weighted by Crippen LogP contribution is 2.38. The third-order valence-corrected chi connectivity index (χ3v) is 8.22. The topological polar surface area (TPSA) is 67.5 Å². The number of aromatic nitrogens is 1. The van der Waals surface area contributed by atoms with E-state index in [-0.39, 0.29) is 23.9 Å². The van der Waals surface area contributed by atoms with E-state index in [1.54, 1.807) is 6.26 Å². The van der Waals surface area contributed by atoms with Crippen LogP contribution in [0.4, 0.5) is 0 Å². The van der Waals surface area contributed by atoms with Crippen molar-refractivity contribution >= 4 is 11.8 Å². The van der Waals surface area contributed by atoms with Crippen molar-refractivity contribution in [1.29, 1.82) is 0 Å². The van der Waals surface area contributed by atoms with Crippen LogP contribution in [0.1, 0.15) is 88.5 Å².